The zero-order valence-electron chi connectivity index (χ0n) is 19.7. The molecular weight excluding hydrogens is 412 g/mol. The van der Waals surface area contributed by atoms with E-state index in [1.54, 1.807) is 0 Å². The van der Waals surface area contributed by atoms with Crippen molar-refractivity contribution in [2.75, 3.05) is 18.0 Å². The number of hydrogen-bond acceptors (Lipinski definition) is 5. The summed E-state index contributed by atoms with van der Waals surface area (Å²) >= 11 is 0. The van der Waals surface area contributed by atoms with Crippen LogP contribution in [0.25, 0.3) is 11.3 Å². The molecule has 2 N–H and O–H groups in total. The van der Waals surface area contributed by atoms with E-state index in [1.165, 1.54) is 29.7 Å². The van der Waals surface area contributed by atoms with E-state index < -0.39 is 0 Å². The second-order valence-corrected chi connectivity index (χ2v) is 9.45. The van der Waals surface area contributed by atoms with Gasteiger partial charge in [-0.15, -0.1) is 0 Å². The van der Waals surface area contributed by atoms with Gasteiger partial charge in [-0.05, 0) is 77.0 Å². The number of aryl methyl sites for hydroxylation is 4. The van der Waals surface area contributed by atoms with Crippen molar-refractivity contribution >= 4 is 11.7 Å². The Morgan fingerprint density at radius 1 is 1.06 bits per heavy atom. The first-order valence-corrected chi connectivity index (χ1v) is 12.0. The van der Waals surface area contributed by atoms with Crippen molar-refractivity contribution in [3.63, 3.8) is 0 Å². The number of aromatic amines is 1. The van der Waals surface area contributed by atoms with Gasteiger partial charge in [0.2, 0.25) is 0 Å². The minimum absolute atomic E-state index is 0.0900. The summed E-state index contributed by atoms with van der Waals surface area (Å²) in [6, 6.07) is 8.28. The number of nitrogens with zero attached hydrogens (tertiary/aromatic N) is 4. The first-order valence-electron chi connectivity index (χ1n) is 12.0. The summed E-state index contributed by atoms with van der Waals surface area (Å²) in [6.45, 7) is 7.90. The predicted molar refractivity (Wildman–Crippen MR) is 130 cm³/mol. The van der Waals surface area contributed by atoms with Crippen molar-refractivity contribution in [3.05, 3.63) is 58.2 Å². The lowest BCUT2D eigenvalue weighted by molar-refractivity contribution is 0.0926. The van der Waals surface area contributed by atoms with E-state index >= 15 is 0 Å². The van der Waals surface area contributed by atoms with Gasteiger partial charge in [0.1, 0.15) is 17.3 Å². The molecule has 0 atom stereocenters. The van der Waals surface area contributed by atoms with Crippen molar-refractivity contribution in [3.8, 4) is 11.3 Å². The molecule has 7 nitrogen and oxygen atoms in total. The summed E-state index contributed by atoms with van der Waals surface area (Å²) in [5.74, 6) is 1.89. The zero-order valence-corrected chi connectivity index (χ0v) is 19.7. The molecule has 1 amide bonds. The molecule has 1 fully saturated rings. The molecule has 7 heteroatoms. The Morgan fingerprint density at radius 3 is 2.67 bits per heavy atom. The average Bonchev–Trinajstić information content (AvgIpc) is 3.31. The Labute approximate surface area is 195 Å². The molecule has 0 radical (unpaired) electrons. The quantitative estimate of drug-likeness (QED) is 0.633. The molecule has 172 valence electrons. The molecule has 3 aromatic rings. The highest BCUT2D eigenvalue weighted by molar-refractivity contribution is 5.93. The number of nitrogens with one attached hydrogen (secondary N) is 2. The molecule has 1 aromatic carbocycles. The predicted octanol–water partition coefficient (Wildman–Crippen LogP) is 4.07. The highest BCUT2D eigenvalue weighted by Crippen LogP contribution is 2.30. The van der Waals surface area contributed by atoms with Crippen molar-refractivity contribution < 1.29 is 4.79 Å². The molecule has 1 saturated heterocycles. The number of benzene rings is 1. The highest BCUT2D eigenvalue weighted by atomic mass is 16.2. The summed E-state index contributed by atoms with van der Waals surface area (Å²) in [6.07, 6.45) is 6.38. The summed E-state index contributed by atoms with van der Waals surface area (Å²) in [5.41, 5.74) is 7.27. The number of aromatic nitrogens is 4. The number of fused-ring (bicyclic) bond motifs is 1. The third-order valence-electron chi connectivity index (χ3n) is 6.89. The summed E-state index contributed by atoms with van der Waals surface area (Å²) in [7, 11) is 0. The van der Waals surface area contributed by atoms with Crippen LogP contribution in [0.4, 0.5) is 5.82 Å². The molecule has 1 aliphatic carbocycles. The minimum atomic E-state index is -0.0900. The first kappa shape index (κ1) is 21.6. The third kappa shape index (κ3) is 4.49. The van der Waals surface area contributed by atoms with Gasteiger partial charge in [-0.1, -0.05) is 17.7 Å². The van der Waals surface area contributed by atoms with Crippen molar-refractivity contribution in [1.82, 2.24) is 25.5 Å². The van der Waals surface area contributed by atoms with Crippen LogP contribution in [-0.2, 0) is 12.8 Å². The molecule has 0 spiro atoms. The lowest BCUT2D eigenvalue weighted by Crippen LogP contribution is -2.45. The van der Waals surface area contributed by atoms with Gasteiger partial charge in [0, 0.05) is 36.0 Å². The maximum absolute atomic E-state index is 12.9. The van der Waals surface area contributed by atoms with Gasteiger partial charge >= 0.3 is 0 Å². The Kier molecular flexibility index (Phi) is 5.87. The van der Waals surface area contributed by atoms with Gasteiger partial charge in [0.15, 0.2) is 0 Å². The van der Waals surface area contributed by atoms with E-state index in [1.807, 2.05) is 13.0 Å². The topological polar surface area (TPSA) is 86.8 Å². The van der Waals surface area contributed by atoms with Gasteiger partial charge in [-0.25, -0.2) is 9.97 Å². The van der Waals surface area contributed by atoms with Gasteiger partial charge in [0.05, 0.1) is 5.69 Å². The second kappa shape index (κ2) is 8.96. The fourth-order valence-electron chi connectivity index (χ4n) is 5.04. The van der Waals surface area contributed by atoms with Crippen molar-refractivity contribution in [2.45, 2.75) is 65.3 Å². The van der Waals surface area contributed by atoms with E-state index in [4.69, 9.17) is 4.98 Å². The zero-order chi connectivity index (χ0) is 22.9. The fourth-order valence-corrected chi connectivity index (χ4v) is 5.04. The first-order chi connectivity index (χ1) is 16.0. The molecule has 2 aliphatic rings. The molecule has 1 aliphatic heterocycles. The van der Waals surface area contributed by atoms with E-state index in [2.05, 4.69) is 57.4 Å². The SMILES string of the molecule is Cc1ccc(C)c(-c2cc(C(=O)NC3CCN(c4nc(C)nc5c4CCCC5)CC3)[nH]n2)c1. The molecule has 0 bridgehead atoms. The molecule has 0 saturated carbocycles. The largest absolute Gasteiger partial charge is 0.356 e. The molecule has 0 unspecified atom stereocenters. The Hall–Kier alpha value is -3.22. The monoisotopic (exact) mass is 444 g/mol. The van der Waals surface area contributed by atoms with Crippen molar-refractivity contribution in [1.29, 1.82) is 0 Å². The van der Waals surface area contributed by atoms with Gasteiger partial charge < -0.3 is 10.2 Å². The summed E-state index contributed by atoms with van der Waals surface area (Å²) in [4.78, 5) is 24.8. The Bertz CT molecular complexity index is 1180. The summed E-state index contributed by atoms with van der Waals surface area (Å²) < 4.78 is 0. The van der Waals surface area contributed by atoms with Crippen molar-refractivity contribution in [2.24, 2.45) is 0 Å². The van der Waals surface area contributed by atoms with Crippen LogP contribution in [0, 0.1) is 20.8 Å². The van der Waals surface area contributed by atoms with Crippen LogP contribution in [-0.4, -0.2) is 45.2 Å². The molecule has 2 aromatic heterocycles. The number of hydrogen-bond donors (Lipinski definition) is 2. The Balaban J connectivity index is 1.23. The minimum Gasteiger partial charge on any atom is -0.356 e. The van der Waals surface area contributed by atoms with Gasteiger partial charge in [0.25, 0.3) is 5.91 Å². The number of carbonyl (C=O) groups is 1. The number of rotatable bonds is 4. The number of piperidine rings is 1. The van der Waals surface area contributed by atoms with Crippen LogP contribution in [0.15, 0.2) is 24.3 Å². The van der Waals surface area contributed by atoms with Gasteiger partial charge in [-0.2, -0.15) is 5.10 Å². The smallest absolute Gasteiger partial charge is 0.269 e. The maximum Gasteiger partial charge on any atom is 0.269 e. The normalized spacial score (nSPS) is 16.5. The molecule has 5 rings (SSSR count). The van der Waals surface area contributed by atoms with Crippen LogP contribution in [0.1, 0.15) is 64.4 Å². The summed E-state index contributed by atoms with van der Waals surface area (Å²) in [5, 5.41) is 10.5. The number of amides is 1. The number of anilines is 1. The second-order valence-electron chi connectivity index (χ2n) is 9.45. The third-order valence-corrected chi connectivity index (χ3v) is 6.89. The van der Waals surface area contributed by atoms with E-state index in [0.717, 1.165) is 67.2 Å². The van der Waals surface area contributed by atoms with E-state index in [0.29, 0.717) is 5.69 Å². The van der Waals surface area contributed by atoms with Crippen LogP contribution in [0.2, 0.25) is 0 Å². The van der Waals surface area contributed by atoms with Crippen LogP contribution in [0.5, 0.6) is 0 Å². The standard InChI is InChI=1S/C26H32N6O/c1-16-8-9-17(2)21(14-16)23-15-24(31-30-23)26(33)29-19-10-12-32(13-11-19)25-20-6-4-5-7-22(20)27-18(3)28-25/h8-9,14-15,19H,4-7,10-13H2,1-3H3,(H,29,33)(H,30,31). The van der Waals surface area contributed by atoms with E-state index in [-0.39, 0.29) is 11.9 Å². The highest BCUT2D eigenvalue weighted by Gasteiger charge is 2.26. The molecule has 3 heterocycles. The fraction of sp³-hybridized carbons (Fsp3) is 0.462. The van der Waals surface area contributed by atoms with Crippen LogP contribution in [0.3, 0.4) is 0 Å². The van der Waals surface area contributed by atoms with Gasteiger partial charge in [-0.3, -0.25) is 9.89 Å². The lowest BCUT2D eigenvalue weighted by atomic mass is 9.95. The number of H-pyrrole nitrogens is 1. The van der Waals surface area contributed by atoms with Crippen LogP contribution < -0.4 is 10.2 Å². The lowest BCUT2D eigenvalue weighted by Gasteiger charge is -2.35. The average molecular weight is 445 g/mol. The molecule has 33 heavy (non-hydrogen) atoms. The van der Waals surface area contributed by atoms with Crippen LogP contribution >= 0.6 is 0 Å². The maximum atomic E-state index is 12.9. The molecular formula is C26H32N6O. The number of carbonyl (C=O) groups excluding carboxylic acids is 1. The van der Waals surface area contributed by atoms with E-state index in [9.17, 15) is 4.79 Å². The Morgan fingerprint density at radius 2 is 1.85 bits per heavy atom.